The molecule has 0 unspecified atom stereocenters. The van der Waals surface area contributed by atoms with Crippen molar-refractivity contribution >= 4 is 12.1 Å². The van der Waals surface area contributed by atoms with Crippen molar-refractivity contribution in [3.63, 3.8) is 0 Å². The Bertz CT molecular complexity index is 327. The zero-order valence-corrected chi connectivity index (χ0v) is 13.8. The second-order valence-electron chi connectivity index (χ2n) is 4.35. The van der Waals surface area contributed by atoms with E-state index in [9.17, 15) is 9.59 Å². The molecule has 1 N–H and O–H groups in total. The third-order valence-corrected chi connectivity index (χ3v) is 2.45. The highest BCUT2D eigenvalue weighted by molar-refractivity contribution is 5.79. The molecule has 0 atom stereocenters. The lowest BCUT2D eigenvalue weighted by molar-refractivity contribution is -0.0105. The quantitative estimate of drug-likeness (QED) is 0.723. The number of amides is 4. The predicted molar refractivity (Wildman–Crippen MR) is 77.7 cm³/mol. The van der Waals surface area contributed by atoms with Crippen LogP contribution < -0.4 is 5.32 Å². The molecule has 130 valence electrons. The van der Waals surface area contributed by atoms with Gasteiger partial charge in [-0.2, -0.15) is 0 Å². The summed E-state index contributed by atoms with van der Waals surface area (Å²) in [6.07, 6.45) is 0. The Morgan fingerprint density at radius 2 is 1.32 bits per heavy atom. The first kappa shape index (κ1) is 20.4. The number of hydrogen-bond acceptors (Lipinski definition) is 6. The molecule has 0 aliphatic carbocycles. The van der Waals surface area contributed by atoms with Crippen molar-refractivity contribution in [1.82, 2.24) is 20.0 Å². The minimum atomic E-state index is -0.323. The number of carbonyl (C=O) groups excluding carboxylic acids is 2. The Morgan fingerprint density at radius 1 is 0.864 bits per heavy atom. The van der Waals surface area contributed by atoms with Crippen molar-refractivity contribution in [2.75, 3.05) is 69.1 Å². The van der Waals surface area contributed by atoms with E-state index in [4.69, 9.17) is 14.2 Å². The van der Waals surface area contributed by atoms with Crippen LogP contribution in [0.4, 0.5) is 9.59 Å². The van der Waals surface area contributed by atoms with Gasteiger partial charge in [-0.25, -0.2) is 9.59 Å². The molecule has 0 aromatic heterocycles. The van der Waals surface area contributed by atoms with E-state index in [1.54, 1.807) is 14.2 Å². The number of nitrogens with one attached hydrogen (secondary N) is 1. The van der Waals surface area contributed by atoms with Crippen LogP contribution in [0.2, 0.25) is 0 Å². The van der Waals surface area contributed by atoms with Crippen LogP contribution in [0.25, 0.3) is 0 Å². The molecule has 10 heteroatoms. The van der Waals surface area contributed by atoms with Crippen molar-refractivity contribution in [3.05, 3.63) is 0 Å². The summed E-state index contributed by atoms with van der Waals surface area (Å²) in [5.41, 5.74) is 0. The molecule has 0 saturated carbocycles. The first-order valence-corrected chi connectivity index (χ1v) is 6.49. The van der Waals surface area contributed by atoms with Gasteiger partial charge in [-0.1, -0.05) is 0 Å². The lowest BCUT2D eigenvalue weighted by Gasteiger charge is -2.36. The molecule has 0 aromatic carbocycles. The van der Waals surface area contributed by atoms with Crippen LogP contribution in [0.1, 0.15) is 0 Å². The van der Waals surface area contributed by atoms with Gasteiger partial charge in [0.2, 0.25) is 0 Å². The average molecular weight is 322 g/mol. The molecule has 1 aliphatic heterocycles. The molecule has 1 heterocycles. The summed E-state index contributed by atoms with van der Waals surface area (Å²) in [5.74, 6) is 0. The maximum absolute atomic E-state index is 12.2. The third-order valence-electron chi connectivity index (χ3n) is 2.45. The number of hydrogen-bond donors (Lipinski definition) is 1. The van der Waals surface area contributed by atoms with Crippen LogP contribution in [0.3, 0.4) is 0 Å². The monoisotopic (exact) mass is 322 g/mol. The normalized spacial score (nSPS) is 15.8. The molecule has 1 aliphatic rings. The fourth-order valence-electron chi connectivity index (χ4n) is 1.64. The van der Waals surface area contributed by atoms with Crippen LogP contribution in [0.15, 0.2) is 0 Å². The van der Waals surface area contributed by atoms with Crippen molar-refractivity contribution in [2.45, 2.75) is 0 Å². The van der Waals surface area contributed by atoms with Gasteiger partial charge in [0.1, 0.15) is 26.9 Å². The molecule has 22 heavy (non-hydrogen) atoms. The molecule has 0 radical (unpaired) electrons. The number of rotatable bonds is 6. The molecular weight excluding hydrogens is 296 g/mol. The van der Waals surface area contributed by atoms with Crippen LogP contribution in [0, 0.1) is 0 Å². The third kappa shape index (κ3) is 6.89. The van der Waals surface area contributed by atoms with Gasteiger partial charge in [-0.15, -0.1) is 0 Å². The van der Waals surface area contributed by atoms with E-state index < -0.39 is 0 Å². The second kappa shape index (κ2) is 12.0. The van der Waals surface area contributed by atoms with Crippen LogP contribution in [0.5, 0.6) is 0 Å². The Balaban J connectivity index is 0.00000135. The summed E-state index contributed by atoms with van der Waals surface area (Å²) in [5, 5.41) is 2.61. The van der Waals surface area contributed by atoms with Gasteiger partial charge in [-0.05, 0) is 0 Å². The van der Waals surface area contributed by atoms with E-state index >= 15 is 0 Å². The van der Waals surface area contributed by atoms with E-state index in [1.165, 1.54) is 36.0 Å². The zero-order chi connectivity index (χ0) is 17.0. The minimum Gasteiger partial charge on any atom is -0.388 e. The average Bonchev–Trinajstić information content (AvgIpc) is 2.49. The van der Waals surface area contributed by atoms with E-state index in [-0.39, 0.29) is 45.6 Å². The number of nitrogens with zero attached hydrogens (tertiary/aromatic N) is 3. The van der Waals surface area contributed by atoms with Crippen LogP contribution in [-0.2, 0) is 18.9 Å². The van der Waals surface area contributed by atoms with Crippen molar-refractivity contribution in [3.8, 4) is 0 Å². The van der Waals surface area contributed by atoms with Crippen molar-refractivity contribution in [2.24, 2.45) is 0 Å². The van der Waals surface area contributed by atoms with Crippen molar-refractivity contribution < 1.29 is 28.5 Å². The van der Waals surface area contributed by atoms with Gasteiger partial charge in [0, 0.05) is 35.5 Å². The SMILES string of the molecule is COC.COCN1CN(COC)C(=O)N(COC)CNC1=O. The maximum atomic E-state index is 12.2. The highest BCUT2D eigenvalue weighted by Crippen LogP contribution is 2.05. The zero-order valence-electron chi connectivity index (χ0n) is 13.8. The highest BCUT2D eigenvalue weighted by atomic mass is 16.5. The van der Waals surface area contributed by atoms with E-state index in [0.29, 0.717) is 0 Å². The van der Waals surface area contributed by atoms with Gasteiger partial charge >= 0.3 is 12.1 Å². The fourth-order valence-corrected chi connectivity index (χ4v) is 1.64. The molecule has 1 saturated heterocycles. The van der Waals surface area contributed by atoms with Crippen LogP contribution in [-0.4, -0.2) is 95.8 Å². The maximum Gasteiger partial charge on any atom is 0.326 e. The van der Waals surface area contributed by atoms with Crippen molar-refractivity contribution in [1.29, 1.82) is 0 Å². The Morgan fingerprint density at radius 3 is 1.82 bits per heavy atom. The van der Waals surface area contributed by atoms with E-state index in [1.807, 2.05) is 0 Å². The molecule has 0 spiro atoms. The first-order valence-electron chi connectivity index (χ1n) is 6.49. The lowest BCUT2D eigenvalue weighted by atomic mass is 10.5. The number of methoxy groups -OCH3 is 4. The molecule has 0 bridgehead atoms. The van der Waals surface area contributed by atoms with Gasteiger partial charge < -0.3 is 24.3 Å². The van der Waals surface area contributed by atoms with Gasteiger partial charge in [0.15, 0.2) is 0 Å². The van der Waals surface area contributed by atoms with Gasteiger partial charge in [-0.3, -0.25) is 14.7 Å². The largest absolute Gasteiger partial charge is 0.388 e. The summed E-state index contributed by atoms with van der Waals surface area (Å²) < 4.78 is 19.1. The molecule has 4 amide bonds. The van der Waals surface area contributed by atoms with Gasteiger partial charge in [0.05, 0.1) is 6.67 Å². The predicted octanol–water partition coefficient (Wildman–Crippen LogP) is -0.275. The lowest BCUT2D eigenvalue weighted by Crippen LogP contribution is -2.58. The molecule has 1 rings (SSSR count). The van der Waals surface area contributed by atoms with E-state index in [2.05, 4.69) is 10.1 Å². The Kier molecular flexibility index (Phi) is 11.1. The Hall–Kier alpha value is -1.62. The fraction of sp³-hybridized carbons (Fsp3) is 0.833. The second-order valence-corrected chi connectivity index (χ2v) is 4.35. The minimum absolute atomic E-state index is 0.0614. The van der Waals surface area contributed by atoms with E-state index in [0.717, 1.165) is 0 Å². The summed E-state index contributed by atoms with van der Waals surface area (Å²) in [7, 11) is 7.69. The molecule has 10 nitrogen and oxygen atoms in total. The standard InChI is InChI=1S/C10H20N4O5.C2H6O/c1-17-6-12-4-11-9(15)13(7-18-2)5-14(8-19-3)10(12)16;1-3-2/h4-8H2,1-3H3,(H,11,15);1-2H3. The number of ether oxygens (including phenoxy) is 4. The number of urea groups is 2. The highest BCUT2D eigenvalue weighted by Gasteiger charge is 2.28. The molecular formula is C12H26N4O6. The first-order chi connectivity index (χ1) is 10.5. The van der Waals surface area contributed by atoms with Gasteiger partial charge in [0.25, 0.3) is 0 Å². The Labute approximate surface area is 130 Å². The summed E-state index contributed by atoms with van der Waals surface area (Å²) >= 11 is 0. The molecule has 1 fully saturated rings. The smallest absolute Gasteiger partial charge is 0.326 e. The number of carbonyl (C=O) groups is 2. The summed E-state index contributed by atoms with van der Waals surface area (Å²) in [6.45, 7) is 0.387. The topological polar surface area (TPSA) is 92.8 Å². The summed E-state index contributed by atoms with van der Waals surface area (Å²) in [6, 6.07) is -0.610. The molecule has 0 aromatic rings. The van der Waals surface area contributed by atoms with Crippen LogP contribution >= 0.6 is 0 Å². The summed E-state index contributed by atoms with van der Waals surface area (Å²) in [4.78, 5) is 28.2.